The quantitative estimate of drug-likeness (QED) is 0.632. The topological polar surface area (TPSA) is 38.9 Å². The van der Waals surface area contributed by atoms with Crippen molar-refractivity contribution in [2.75, 3.05) is 5.33 Å². The second-order valence-corrected chi connectivity index (χ2v) is 2.08. The Morgan fingerprint density at radius 2 is 2.62 bits per heavy atom. The summed E-state index contributed by atoms with van der Waals surface area (Å²) in [5.74, 6) is 0.752. The number of hydrogen-bond donors (Lipinski definition) is 0. The van der Waals surface area contributed by atoms with Crippen molar-refractivity contribution in [2.45, 2.75) is 6.42 Å². The molecule has 1 aromatic rings. The van der Waals surface area contributed by atoms with E-state index in [9.17, 15) is 0 Å². The maximum Gasteiger partial charge on any atom is 0.213 e. The van der Waals surface area contributed by atoms with Crippen molar-refractivity contribution < 1.29 is 4.52 Å². The van der Waals surface area contributed by atoms with Crippen LogP contribution in [-0.4, -0.2) is 15.5 Å². The lowest BCUT2D eigenvalue weighted by Crippen LogP contribution is -1.86. The van der Waals surface area contributed by atoms with Gasteiger partial charge in [-0.1, -0.05) is 21.1 Å². The Morgan fingerprint density at radius 3 is 3.12 bits per heavy atom. The molecule has 0 aliphatic carbocycles. The average Bonchev–Trinajstić information content (AvgIpc) is 2.19. The van der Waals surface area contributed by atoms with Crippen molar-refractivity contribution >= 4 is 15.9 Å². The summed E-state index contributed by atoms with van der Waals surface area (Å²) in [6.07, 6.45) is 2.16. The van der Waals surface area contributed by atoms with Gasteiger partial charge in [0.05, 0.1) is 0 Å². The van der Waals surface area contributed by atoms with Gasteiger partial charge in [0.1, 0.15) is 0 Å². The number of aryl methyl sites for hydroxylation is 1. The second-order valence-electron chi connectivity index (χ2n) is 1.29. The van der Waals surface area contributed by atoms with Crippen LogP contribution in [0.5, 0.6) is 0 Å². The van der Waals surface area contributed by atoms with Crippen LogP contribution in [-0.2, 0) is 6.42 Å². The number of alkyl halides is 1. The fraction of sp³-hybridized carbons (Fsp3) is 0.500. The molecule has 0 fully saturated rings. The number of aromatic nitrogens is 2. The zero-order chi connectivity index (χ0) is 5.82. The van der Waals surface area contributed by atoms with Gasteiger partial charge in [0, 0.05) is 11.8 Å². The summed E-state index contributed by atoms with van der Waals surface area (Å²) in [5, 5.41) is 4.47. The minimum absolute atomic E-state index is 0.752. The van der Waals surface area contributed by atoms with Gasteiger partial charge in [-0.3, -0.25) is 0 Å². The molecule has 0 aliphatic heterocycles. The van der Waals surface area contributed by atoms with Gasteiger partial charge in [-0.25, -0.2) is 0 Å². The van der Waals surface area contributed by atoms with E-state index < -0.39 is 0 Å². The van der Waals surface area contributed by atoms with Crippen LogP contribution in [0.15, 0.2) is 10.9 Å². The van der Waals surface area contributed by atoms with Crippen LogP contribution in [0.3, 0.4) is 0 Å². The molecule has 0 amide bonds. The molecule has 1 aromatic heterocycles. The zero-order valence-electron chi connectivity index (χ0n) is 4.17. The molecule has 0 unspecified atom stereocenters. The lowest BCUT2D eigenvalue weighted by Gasteiger charge is -1.79. The van der Waals surface area contributed by atoms with Crippen molar-refractivity contribution in [1.29, 1.82) is 0 Å². The molecule has 8 heavy (non-hydrogen) atoms. The molecule has 0 saturated heterocycles. The first kappa shape index (κ1) is 5.75. The Hall–Kier alpha value is -0.380. The van der Waals surface area contributed by atoms with Gasteiger partial charge in [-0.2, -0.15) is 4.98 Å². The normalized spacial score (nSPS) is 9.62. The van der Waals surface area contributed by atoms with E-state index in [1.807, 2.05) is 0 Å². The Balaban J connectivity index is 2.50. The summed E-state index contributed by atoms with van der Waals surface area (Å²) >= 11 is 3.25. The SMILES string of the molecule is BrCCc1ncon1. The lowest BCUT2D eigenvalue weighted by molar-refractivity contribution is 0.411. The highest BCUT2D eigenvalue weighted by molar-refractivity contribution is 9.09. The van der Waals surface area contributed by atoms with Crippen LogP contribution >= 0.6 is 15.9 Å². The highest BCUT2D eigenvalue weighted by Gasteiger charge is 1.92. The Labute approximate surface area is 55.2 Å². The Kier molecular flexibility index (Phi) is 2.02. The van der Waals surface area contributed by atoms with Crippen molar-refractivity contribution in [1.82, 2.24) is 10.1 Å². The molecular weight excluding hydrogens is 172 g/mol. The van der Waals surface area contributed by atoms with Gasteiger partial charge in [0.15, 0.2) is 5.82 Å². The summed E-state index contributed by atoms with van der Waals surface area (Å²) in [6.45, 7) is 0. The van der Waals surface area contributed by atoms with E-state index in [-0.39, 0.29) is 0 Å². The molecule has 44 valence electrons. The predicted octanol–water partition coefficient (Wildman–Crippen LogP) is 1.01. The Bertz CT molecular complexity index is 140. The highest BCUT2D eigenvalue weighted by Crippen LogP contribution is 1.92. The van der Waals surface area contributed by atoms with Crippen molar-refractivity contribution in [2.24, 2.45) is 0 Å². The first-order chi connectivity index (χ1) is 3.93. The van der Waals surface area contributed by atoms with Crippen LogP contribution in [0, 0.1) is 0 Å². The summed E-state index contributed by atoms with van der Waals surface area (Å²) in [7, 11) is 0. The summed E-state index contributed by atoms with van der Waals surface area (Å²) in [6, 6.07) is 0. The summed E-state index contributed by atoms with van der Waals surface area (Å²) in [5.41, 5.74) is 0. The summed E-state index contributed by atoms with van der Waals surface area (Å²) in [4.78, 5) is 3.80. The standard InChI is InChI=1S/C4H5BrN2O/c5-2-1-4-6-3-8-7-4/h3H,1-2H2. The monoisotopic (exact) mass is 176 g/mol. The first-order valence-corrected chi connectivity index (χ1v) is 3.37. The van der Waals surface area contributed by atoms with Crippen LogP contribution in [0.4, 0.5) is 0 Å². The third-order valence-electron chi connectivity index (χ3n) is 0.725. The van der Waals surface area contributed by atoms with Gasteiger partial charge in [0.2, 0.25) is 6.39 Å². The molecule has 0 saturated carbocycles. The molecule has 1 rings (SSSR count). The van der Waals surface area contributed by atoms with Gasteiger partial charge in [-0.15, -0.1) is 0 Å². The van der Waals surface area contributed by atoms with E-state index in [4.69, 9.17) is 0 Å². The number of halogens is 1. The van der Waals surface area contributed by atoms with E-state index in [2.05, 4.69) is 30.6 Å². The maximum atomic E-state index is 4.49. The minimum Gasteiger partial charge on any atom is -0.343 e. The van der Waals surface area contributed by atoms with Gasteiger partial charge in [0.25, 0.3) is 0 Å². The van der Waals surface area contributed by atoms with Gasteiger partial charge >= 0.3 is 0 Å². The smallest absolute Gasteiger partial charge is 0.213 e. The van der Waals surface area contributed by atoms with Gasteiger partial charge < -0.3 is 4.52 Å². The fourth-order valence-electron chi connectivity index (χ4n) is 0.387. The predicted molar refractivity (Wildman–Crippen MR) is 31.8 cm³/mol. The van der Waals surface area contributed by atoms with Crippen LogP contribution in [0.25, 0.3) is 0 Å². The van der Waals surface area contributed by atoms with E-state index in [1.165, 1.54) is 6.39 Å². The van der Waals surface area contributed by atoms with Crippen LogP contribution < -0.4 is 0 Å². The number of hydrogen-bond acceptors (Lipinski definition) is 3. The van der Waals surface area contributed by atoms with Crippen molar-refractivity contribution in [3.05, 3.63) is 12.2 Å². The van der Waals surface area contributed by atoms with Crippen LogP contribution in [0.2, 0.25) is 0 Å². The fourth-order valence-corrected chi connectivity index (χ4v) is 0.742. The van der Waals surface area contributed by atoms with Crippen molar-refractivity contribution in [3.63, 3.8) is 0 Å². The molecule has 0 N–H and O–H groups in total. The molecular formula is C4H5BrN2O. The molecule has 0 aliphatic rings. The average molecular weight is 177 g/mol. The lowest BCUT2D eigenvalue weighted by atomic mass is 10.5. The number of nitrogens with zero attached hydrogens (tertiary/aromatic N) is 2. The Morgan fingerprint density at radius 1 is 1.75 bits per heavy atom. The molecule has 0 aromatic carbocycles. The molecule has 0 atom stereocenters. The molecule has 3 nitrogen and oxygen atoms in total. The molecule has 0 radical (unpaired) electrons. The third-order valence-corrected chi connectivity index (χ3v) is 1.12. The second kappa shape index (κ2) is 2.81. The maximum absolute atomic E-state index is 4.49. The molecule has 4 heteroatoms. The van der Waals surface area contributed by atoms with E-state index in [0.717, 1.165) is 17.6 Å². The first-order valence-electron chi connectivity index (χ1n) is 2.24. The number of rotatable bonds is 2. The van der Waals surface area contributed by atoms with Gasteiger partial charge in [-0.05, 0) is 0 Å². The van der Waals surface area contributed by atoms with E-state index in [0.29, 0.717) is 0 Å². The third kappa shape index (κ3) is 1.30. The highest BCUT2D eigenvalue weighted by atomic mass is 79.9. The van der Waals surface area contributed by atoms with Crippen LogP contribution in [0.1, 0.15) is 5.82 Å². The zero-order valence-corrected chi connectivity index (χ0v) is 5.76. The molecule has 0 bridgehead atoms. The minimum atomic E-state index is 0.752. The molecule has 0 spiro atoms. The van der Waals surface area contributed by atoms with E-state index >= 15 is 0 Å². The largest absolute Gasteiger partial charge is 0.343 e. The van der Waals surface area contributed by atoms with Crippen molar-refractivity contribution in [3.8, 4) is 0 Å². The summed E-state index contributed by atoms with van der Waals surface area (Å²) < 4.78 is 4.49. The molecule has 1 heterocycles. The van der Waals surface area contributed by atoms with E-state index in [1.54, 1.807) is 0 Å².